The molecular weight excluding hydrogens is 274 g/mol. The summed E-state index contributed by atoms with van der Waals surface area (Å²) in [6, 6.07) is 1.13. The molecule has 0 radical (unpaired) electrons. The van der Waals surface area contributed by atoms with Gasteiger partial charge in [0.05, 0.1) is 6.54 Å². The van der Waals surface area contributed by atoms with Crippen molar-refractivity contribution in [2.45, 2.75) is 77.3 Å². The lowest BCUT2D eigenvalue weighted by molar-refractivity contribution is -0.123. The summed E-state index contributed by atoms with van der Waals surface area (Å²) in [5.41, 5.74) is 0. The number of hydrogen-bond acceptors (Lipinski definition) is 3. The quantitative estimate of drug-likeness (QED) is 0.766. The van der Waals surface area contributed by atoms with Gasteiger partial charge in [-0.15, -0.1) is 0 Å². The number of likely N-dealkylation sites (N-methyl/N-ethyl adjacent to an activating group) is 1. The smallest absolute Gasteiger partial charge is 0.234 e. The van der Waals surface area contributed by atoms with Crippen molar-refractivity contribution in [3.63, 3.8) is 0 Å². The Morgan fingerprint density at radius 3 is 2.36 bits per heavy atom. The first-order valence-electron chi connectivity index (χ1n) is 9.48. The average Bonchev–Trinajstić information content (AvgIpc) is 2.82. The molecule has 2 rings (SSSR count). The Hall–Kier alpha value is -0.610. The number of nitrogens with one attached hydrogen (secondary N) is 1. The zero-order chi connectivity index (χ0) is 15.8. The van der Waals surface area contributed by atoms with Gasteiger partial charge < -0.3 is 5.32 Å². The van der Waals surface area contributed by atoms with Crippen LogP contribution >= 0.6 is 0 Å². The van der Waals surface area contributed by atoms with Gasteiger partial charge in [0.15, 0.2) is 0 Å². The maximum absolute atomic E-state index is 12.2. The third kappa shape index (κ3) is 5.54. The largest absolute Gasteiger partial charge is 0.351 e. The fourth-order valence-corrected chi connectivity index (χ4v) is 4.00. The van der Waals surface area contributed by atoms with Crippen molar-refractivity contribution < 1.29 is 4.79 Å². The summed E-state index contributed by atoms with van der Waals surface area (Å²) in [7, 11) is 0. The van der Waals surface area contributed by atoms with E-state index < -0.39 is 0 Å². The van der Waals surface area contributed by atoms with E-state index >= 15 is 0 Å². The number of hydrogen-bond donors (Lipinski definition) is 1. The van der Waals surface area contributed by atoms with Crippen molar-refractivity contribution in [3.8, 4) is 0 Å². The van der Waals surface area contributed by atoms with Crippen LogP contribution in [-0.4, -0.2) is 60.5 Å². The van der Waals surface area contributed by atoms with E-state index in [0.717, 1.165) is 32.1 Å². The lowest BCUT2D eigenvalue weighted by Gasteiger charge is -2.38. The fourth-order valence-electron chi connectivity index (χ4n) is 4.00. The van der Waals surface area contributed by atoms with Crippen LogP contribution in [-0.2, 0) is 4.79 Å². The van der Waals surface area contributed by atoms with E-state index in [-0.39, 0.29) is 5.91 Å². The molecule has 1 amide bonds. The van der Waals surface area contributed by atoms with E-state index in [2.05, 4.69) is 29.0 Å². The third-order valence-corrected chi connectivity index (χ3v) is 5.42. The van der Waals surface area contributed by atoms with Gasteiger partial charge in [-0.25, -0.2) is 0 Å². The SMILES string of the molecule is CCN(CC)CC(=O)N[C@@H]1CCCN(C2CCCCCC2)C1. The Morgan fingerprint density at radius 2 is 1.73 bits per heavy atom. The Balaban J connectivity index is 1.78. The zero-order valence-corrected chi connectivity index (χ0v) is 14.6. The number of carbonyl (C=O) groups is 1. The second-order valence-corrected chi connectivity index (χ2v) is 7.01. The predicted molar refractivity (Wildman–Crippen MR) is 92.0 cm³/mol. The van der Waals surface area contributed by atoms with Crippen LogP contribution in [0.1, 0.15) is 65.2 Å². The molecule has 1 saturated heterocycles. The van der Waals surface area contributed by atoms with E-state index in [0.29, 0.717) is 12.6 Å². The second-order valence-electron chi connectivity index (χ2n) is 7.01. The Labute approximate surface area is 136 Å². The van der Waals surface area contributed by atoms with Gasteiger partial charge in [-0.2, -0.15) is 0 Å². The molecule has 0 aromatic carbocycles. The molecule has 0 unspecified atom stereocenters. The van der Waals surface area contributed by atoms with Crippen LogP contribution in [0.2, 0.25) is 0 Å². The van der Waals surface area contributed by atoms with Crippen molar-refractivity contribution >= 4 is 5.91 Å². The van der Waals surface area contributed by atoms with Gasteiger partial charge in [-0.1, -0.05) is 39.5 Å². The maximum Gasteiger partial charge on any atom is 0.234 e. The number of rotatable bonds is 6. The summed E-state index contributed by atoms with van der Waals surface area (Å²) >= 11 is 0. The summed E-state index contributed by atoms with van der Waals surface area (Å²) in [6.07, 6.45) is 10.7. The number of likely N-dealkylation sites (tertiary alicyclic amines) is 1. The molecule has 22 heavy (non-hydrogen) atoms. The van der Waals surface area contributed by atoms with Gasteiger partial charge in [0.25, 0.3) is 0 Å². The minimum Gasteiger partial charge on any atom is -0.351 e. The van der Waals surface area contributed by atoms with E-state index in [1.165, 1.54) is 51.5 Å². The van der Waals surface area contributed by atoms with E-state index in [1.807, 2.05) is 0 Å². The van der Waals surface area contributed by atoms with Gasteiger partial charge in [-0.3, -0.25) is 14.6 Å². The van der Waals surface area contributed by atoms with E-state index in [4.69, 9.17) is 0 Å². The summed E-state index contributed by atoms with van der Waals surface area (Å²) < 4.78 is 0. The monoisotopic (exact) mass is 309 g/mol. The molecule has 1 aliphatic heterocycles. The van der Waals surface area contributed by atoms with Gasteiger partial charge in [0.1, 0.15) is 0 Å². The summed E-state index contributed by atoms with van der Waals surface area (Å²) in [5, 5.41) is 3.28. The topological polar surface area (TPSA) is 35.6 Å². The summed E-state index contributed by atoms with van der Waals surface area (Å²) in [5.74, 6) is 0.205. The van der Waals surface area contributed by atoms with Gasteiger partial charge >= 0.3 is 0 Å². The highest BCUT2D eigenvalue weighted by atomic mass is 16.2. The van der Waals surface area contributed by atoms with Crippen LogP contribution in [0.5, 0.6) is 0 Å². The minimum atomic E-state index is 0.205. The normalized spacial score (nSPS) is 25.1. The molecule has 4 heteroatoms. The Bertz CT molecular complexity index is 322. The lowest BCUT2D eigenvalue weighted by atomic mass is 10.00. The standard InChI is InChI=1S/C18H35N3O/c1-3-20(4-2)15-18(22)19-16-10-9-13-21(14-16)17-11-7-5-6-8-12-17/h16-17H,3-15H2,1-2H3,(H,19,22)/t16-/m1/s1. The van der Waals surface area contributed by atoms with Crippen LogP contribution in [0, 0.1) is 0 Å². The molecule has 1 aliphatic carbocycles. The first kappa shape index (κ1) is 17.7. The molecule has 0 aromatic rings. The predicted octanol–water partition coefficient (Wildman–Crippen LogP) is 2.63. The van der Waals surface area contributed by atoms with Crippen molar-refractivity contribution in [1.29, 1.82) is 0 Å². The van der Waals surface area contributed by atoms with Crippen LogP contribution in [0.15, 0.2) is 0 Å². The van der Waals surface area contributed by atoms with Crippen LogP contribution in [0.25, 0.3) is 0 Å². The summed E-state index contributed by atoms with van der Waals surface area (Å²) in [4.78, 5) is 17.1. The molecule has 2 aliphatic rings. The Kier molecular flexibility index (Phi) is 7.67. The van der Waals surface area contributed by atoms with Crippen molar-refractivity contribution in [2.24, 2.45) is 0 Å². The molecule has 4 nitrogen and oxygen atoms in total. The average molecular weight is 309 g/mol. The van der Waals surface area contributed by atoms with Gasteiger partial charge in [0.2, 0.25) is 5.91 Å². The molecule has 1 saturated carbocycles. The highest BCUT2D eigenvalue weighted by Gasteiger charge is 2.27. The number of piperidine rings is 1. The molecule has 1 heterocycles. The highest BCUT2D eigenvalue weighted by molar-refractivity contribution is 5.78. The summed E-state index contributed by atoms with van der Waals surface area (Å²) in [6.45, 7) is 8.97. The number of carbonyl (C=O) groups excluding carboxylic acids is 1. The van der Waals surface area contributed by atoms with E-state index in [1.54, 1.807) is 0 Å². The van der Waals surface area contributed by atoms with E-state index in [9.17, 15) is 4.79 Å². The maximum atomic E-state index is 12.2. The van der Waals surface area contributed by atoms with Gasteiger partial charge in [-0.05, 0) is 45.3 Å². The molecule has 1 N–H and O–H groups in total. The molecule has 128 valence electrons. The second kappa shape index (κ2) is 9.51. The molecular formula is C18H35N3O. The Morgan fingerprint density at radius 1 is 1.05 bits per heavy atom. The molecule has 0 bridgehead atoms. The van der Waals surface area contributed by atoms with Crippen molar-refractivity contribution in [3.05, 3.63) is 0 Å². The van der Waals surface area contributed by atoms with Crippen LogP contribution in [0.4, 0.5) is 0 Å². The fraction of sp³-hybridized carbons (Fsp3) is 0.944. The van der Waals surface area contributed by atoms with Crippen molar-refractivity contribution in [2.75, 3.05) is 32.7 Å². The molecule has 2 fully saturated rings. The van der Waals surface area contributed by atoms with Gasteiger partial charge in [0, 0.05) is 18.6 Å². The van der Waals surface area contributed by atoms with Crippen LogP contribution < -0.4 is 5.32 Å². The lowest BCUT2D eigenvalue weighted by Crippen LogP contribution is -2.52. The molecule has 1 atom stereocenters. The zero-order valence-electron chi connectivity index (χ0n) is 14.6. The molecule has 0 spiro atoms. The first-order chi connectivity index (χ1) is 10.7. The first-order valence-corrected chi connectivity index (χ1v) is 9.48. The third-order valence-electron chi connectivity index (χ3n) is 5.42. The molecule has 0 aromatic heterocycles. The van der Waals surface area contributed by atoms with Crippen LogP contribution in [0.3, 0.4) is 0 Å². The minimum absolute atomic E-state index is 0.205. The highest BCUT2D eigenvalue weighted by Crippen LogP contribution is 2.24. The number of nitrogens with zero attached hydrogens (tertiary/aromatic N) is 2. The van der Waals surface area contributed by atoms with Crippen molar-refractivity contribution in [1.82, 2.24) is 15.1 Å². The number of amides is 1.